The molecule has 0 spiro atoms. The maximum absolute atomic E-state index is 12.1. The zero-order chi connectivity index (χ0) is 16.1. The third-order valence-electron chi connectivity index (χ3n) is 3.69. The van der Waals surface area contributed by atoms with Crippen molar-refractivity contribution in [3.05, 3.63) is 66.0 Å². The van der Waals surface area contributed by atoms with Crippen LogP contribution in [0.1, 0.15) is 17.5 Å². The Labute approximate surface area is 135 Å². The van der Waals surface area contributed by atoms with E-state index in [9.17, 15) is 4.79 Å². The lowest BCUT2D eigenvalue weighted by Crippen LogP contribution is -2.24. The van der Waals surface area contributed by atoms with Gasteiger partial charge < -0.3 is 9.47 Å². The van der Waals surface area contributed by atoms with Crippen LogP contribution in [-0.4, -0.2) is 29.6 Å². The van der Waals surface area contributed by atoms with Gasteiger partial charge in [-0.05, 0) is 29.2 Å². The lowest BCUT2D eigenvalue weighted by atomic mass is 10.1. The minimum Gasteiger partial charge on any atom is -0.481 e. The predicted molar refractivity (Wildman–Crippen MR) is 86.7 cm³/mol. The third kappa shape index (κ3) is 3.69. The van der Waals surface area contributed by atoms with E-state index in [2.05, 4.69) is 4.98 Å². The van der Waals surface area contributed by atoms with Crippen LogP contribution in [0.25, 0.3) is 5.57 Å². The van der Waals surface area contributed by atoms with Crippen molar-refractivity contribution >= 4 is 11.7 Å². The lowest BCUT2D eigenvalue weighted by Gasteiger charge is -2.13. The molecule has 1 aliphatic rings. The summed E-state index contributed by atoms with van der Waals surface area (Å²) < 4.78 is 10.4. The standard InChI is InChI=1S/C18H18N2O3/c1-22-17-8-7-15(11-19-17)16-9-10-20(12-16)18(21)23-13-14-5-3-2-4-6-14/h2-8,11-12H,9-10,13H2,1H3. The van der Waals surface area contributed by atoms with E-state index in [4.69, 9.17) is 9.47 Å². The number of benzene rings is 1. The highest BCUT2D eigenvalue weighted by atomic mass is 16.6. The molecule has 23 heavy (non-hydrogen) atoms. The molecule has 5 nitrogen and oxygen atoms in total. The summed E-state index contributed by atoms with van der Waals surface area (Å²) in [6.07, 6.45) is 4.04. The summed E-state index contributed by atoms with van der Waals surface area (Å²) >= 11 is 0. The maximum atomic E-state index is 12.1. The van der Waals surface area contributed by atoms with Crippen LogP contribution in [0.4, 0.5) is 4.79 Å². The van der Waals surface area contributed by atoms with Gasteiger partial charge in [0.1, 0.15) is 6.61 Å². The molecule has 0 atom stereocenters. The zero-order valence-electron chi connectivity index (χ0n) is 12.9. The highest BCUT2D eigenvalue weighted by Gasteiger charge is 2.21. The van der Waals surface area contributed by atoms with Gasteiger partial charge in [0.2, 0.25) is 5.88 Å². The number of amides is 1. The lowest BCUT2D eigenvalue weighted by molar-refractivity contribution is 0.113. The fourth-order valence-corrected chi connectivity index (χ4v) is 2.41. The second-order valence-electron chi connectivity index (χ2n) is 5.23. The molecular formula is C18H18N2O3. The van der Waals surface area contributed by atoms with E-state index >= 15 is 0 Å². The number of nitrogens with zero attached hydrogens (tertiary/aromatic N) is 2. The molecular weight excluding hydrogens is 292 g/mol. The van der Waals surface area contributed by atoms with Crippen molar-refractivity contribution in [1.82, 2.24) is 9.88 Å². The van der Waals surface area contributed by atoms with Crippen molar-refractivity contribution in [3.63, 3.8) is 0 Å². The van der Waals surface area contributed by atoms with E-state index in [1.807, 2.05) is 48.7 Å². The van der Waals surface area contributed by atoms with Crippen molar-refractivity contribution < 1.29 is 14.3 Å². The Morgan fingerprint density at radius 1 is 1.22 bits per heavy atom. The number of hydrogen-bond donors (Lipinski definition) is 0. The van der Waals surface area contributed by atoms with Crippen molar-refractivity contribution in [3.8, 4) is 5.88 Å². The van der Waals surface area contributed by atoms with E-state index in [-0.39, 0.29) is 12.7 Å². The van der Waals surface area contributed by atoms with Gasteiger partial charge >= 0.3 is 6.09 Å². The van der Waals surface area contributed by atoms with Crippen molar-refractivity contribution in [2.75, 3.05) is 13.7 Å². The summed E-state index contributed by atoms with van der Waals surface area (Å²) in [4.78, 5) is 17.9. The number of carbonyl (C=O) groups is 1. The normalized spacial score (nSPS) is 13.6. The maximum Gasteiger partial charge on any atom is 0.414 e. The molecule has 0 fully saturated rings. The van der Waals surface area contributed by atoms with Gasteiger partial charge in [-0.2, -0.15) is 0 Å². The summed E-state index contributed by atoms with van der Waals surface area (Å²) in [5.41, 5.74) is 3.03. The fraction of sp³-hybridized carbons (Fsp3) is 0.222. The summed E-state index contributed by atoms with van der Waals surface area (Å²) in [7, 11) is 1.58. The Balaban J connectivity index is 1.60. The molecule has 0 bridgehead atoms. The molecule has 3 rings (SSSR count). The van der Waals surface area contributed by atoms with E-state index in [1.165, 1.54) is 0 Å². The molecule has 0 unspecified atom stereocenters. The second-order valence-corrected chi connectivity index (χ2v) is 5.23. The number of pyridine rings is 1. The van der Waals surface area contributed by atoms with Crippen LogP contribution in [0, 0.1) is 0 Å². The Kier molecular flexibility index (Phi) is 4.57. The average Bonchev–Trinajstić information content (AvgIpc) is 3.11. The van der Waals surface area contributed by atoms with Gasteiger partial charge in [-0.3, -0.25) is 4.90 Å². The van der Waals surface area contributed by atoms with Crippen LogP contribution in [0.15, 0.2) is 54.9 Å². The number of aromatic nitrogens is 1. The Morgan fingerprint density at radius 2 is 2.04 bits per heavy atom. The Bertz CT molecular complexity index is 696. The molecule has 1 aromatic carbocycles. The minimum absolute atomic E-state index is 0.281. The van der Waals surface area contributed by atoms with E-state index in [0.29, 0.717) is 12.4 Å². The molecule has 1 aliphatic heterocycles. The predicted octanol–water partition coefficient (Wildman–Crippen LogP) is 3.47. The monoisotopic (exact) mass is 310 g/mol. The van der Waals surface area contributed by atoms with Gasteiger partial charge in [-0.25, -0.2) is 9.78 Å². The summed E-state index contributed by atoms with van der Waals surface area (Å²) in [6, 6.07) is 13.4. The van der Waals surface area contributed by atoms with Crippen molar-refractivity contribution in [1.29, 1.82) is 0 Å². The first-order chi connectivity index (χ1) is 11.3. The number of hydrogen-bond acceptors (Lipinski definition) is 4. The molecule has 1 aromatic heterocycles. The minimum atomic E-state index is -0.328. The van der Waals surface area contributed by atoms with Crippen LogP contribution in [0.2, 0.25) is 0 Å². The van der Waals surface area contributed by atoms with Crippen LogP contribution in [-0.2, 0) is 11.3 Å². The van der Waals surface area contributed by atoms with Gasteiger partial charge in [-0.1, -0.05) is 30.3 Å². The highest BCUT2D eigenvalue weighted by Crippen LogP contribution is 2.26. The van der Waals surface area contributed by atoms with E-state index < -0.39 is 0 Å². The van der Waals surface area contributed by atoms with Gasteiger partial charge in [-0.15, -0.1) is 0 Å². The molecule has 2 aromatic rings. The van der Waals surface area contributed by atoms with Gasteiger partial charge in [0, 0.05) is 25.0 Å². The van der Waals surface area contributed by atoms with Gasteiger partial charge in [0.25, 0.3) is 0 Å². The Morgan fingerprint density at radius 3 is 2.74 bits per heavy atom. The quantitative estimate of drug-likeness (QED) is 0.867. The SMILES string of the molecule is COc1ccc(C2=CN(C(=O)OCc3ccccc3)CC2)cn1. The van der Waals surface area contributed by atoms with Gasteiger partial charge in [0.05, 0.1) is 7.11 Å². The zero-order valence-corrected chi connectivity index (χ0v) is 12.9. The van der Waals surface area contributed by atoms with Crippen LogP contribution in [0.5, 0.6) is 5.88 Å². The number of methoxy groups -OCH3 is 1. The second kappa shape index (κ2) is 6.96. The fourth-order valence-electron chi connectivity index (χ4n) is 2.41. The topological polar surface area (TPSA) is 51.7 Å². The molecule has 0 N–H and O–H groups in total. The molecule has 0 radical (unpaired) electrons. The molecule has 0 aliphatic carbocycles. The molecule has 0 saturated carbocycles. The number of carbonyl (C=O) groups excluding carboxylic acids is 1. The first-order valence-electron chi connectivity index (χ1n) is 7.44. The number of rotatable bonds is 4. The average molecular weight is 310 g/mol. The van der Waals surface area contributed by atoms with Crippen molar-refractivity contribution in [2.24, 2.45) is 0 Å². The first-order valence-corrected chi connectivity index (χ1v) is 7.44. The molecule has 118 valence electrons. The number of ether oxygens (including phenoxy) is 2. The third-order valence-corrected chi connectivity index (χ3v) is 3.69. The van der Waals surface area contributed by atoms with E-state index in [1.54, 1.807) is 18.2 Å². The molecule has 5 heteroatoms. The molecule has 0 saturated heterocycles. The smallest absolute Gasteiger partial charge is 0.414 e. The highest BCUT2D eigenvalue weighted by molar-refractivity contribution is 5.76. The van der Waals surface area contributed by atoms with Crippen LogP contribution < -0.4 is 4.74 Å². The van der Waals surface area contributed by atoms with E-state index in [0.717, 1.165) is 23.1 Å². The Hall–Kier alpha value is -2.82. The van der Waals surface area contributed by atoms with Gasteiger partial charge in [0.15, 0.2) is 0 Å². The summed E-state index contributed by atoms with van der Waals surface area (Å²) in [6.45, 7) is 0.901. The first kappa shape index (κ1) is 15.1. The largest absolute Gasteiger partial charge is 0.481 e. The van der Waals surface area contributed by atoms with Crippen LogP contribution >= 0.6 is 0 Å². The summed E-state index contributed by atoms with van der Waals surface area (Å²) in [5.74, 6) is 0.575. The van der Waals surface area contributed by atoms with Crippen LogP contribution in [0.3, 0.4) is 0 Å². The summed E-state index contributed by atoms with van der Waals surface area (Å²) in [5, 5.41) is 0. The molecule has 2 heterocycles. The van der Waals surface area contributed by atoms with Crippen molar-refractivity contribution in [2.45, 2.75) is 13.0 Å². The molecule has 1 amide bonds.